The minimum absolute atomic E-state index is 0.0310. The lowest BCUT2D eigenvalue weighted by Gasteiger charge is -2.72. The van der Waals surface area contributed by atoms with Crippen LogP contribution in [0.25, 0.3) is 0 Å². The molecule has 5 aliphatic carbocycles. The van der Waals surface area contributed by atoms with E-state index in [-0.39, 0.29) is 33.5 Å². The number of allylic oxidation sites excluding steroid dienone is 3. The molecule has 0 aromatic heterocycles. The van der Waals surface area contributed by atoms with Crippen molar-refractivity contribution in [2.24, 2.45) is 57.0 Å². The van der Waals surface area contributed by atoms with Crippen molar-refractivity contribution in [2.75, 3.05) is 0 Å². The van der Waals surface area contributed by atoms with Gasteiger partial charge in [0, 0.05) is 11.0 Å². The summed E-state index contributed by atoms with van der Waals surface area (Å²) in [6, 6.07) is 0. The SMILES string of the molecule is C=C(C)C1CCC2(N)CCC3(C)C(CCC4C5(C)CC=C(OS(=O)(=O)C(F)(F)F)C(C)(C)C5CCC43C)C12. The van der Waals surface area contributed by atoms with E-state index in [9.17, 15) is 21.6 Å². The lowest BCUT2D eigenvalue weighted by atomic mass is 9.33. The third-order valence-electron chi connectivity index (χ3n) is 13.1. The Balaban J connectivity index is 1.51. The quantitative estimate of drug-likeness (QED) is 0.219. The van der Waals surface area contributed by atoms with Crippen molar-refractivity contribution in [1.82, 2.24) is 0 Å². The minimum Gasteiger partial charge on any atom is -0.380 e. The second kappa shape index (κ2) is 8.27. The Labute approximate surface area is 227 Å². The normalized spacial score (nSPS) is 48.2. The molecule has 0 radical (unpaired) electrons. The number of hydrogen-bond donors (Lipinski definition) is 1. The van der Waals surface area contributed by atoms with Gasteiger partial charge in [0.05, 0.1) is 0 Å². The third-order valence-corrected chi connectivity index (χ3v) is 14.1. The van der Waals surface area contributed by atoms with Gasteiger partial charge in [-0.15, -0.1) is 0 Å². The molecule has 8 heteroatoms. The fourth-order valence-corrected chi connectivity index (χ4v) is 11.7. The Kier molecular flexibility index (Phi) is 6.20. The van der Waals surface area contributed by atoms with Crippen LogP contribution in [0.15, 0.2) is 24.0 Å². The molecule has 0 bridgehead atoms. The summed E-state index contributed by atoms with van der Waals surface area (Å²) in [5.41, 5.74) is 2.08. The van der Waals surface area contributed by atoms with Crippen LogP contribution in [0.1, 0.15) is 99.3 Å². The van der Waals surface area contributed by atoms with Gasteiger partial charge < -0.3 is 9.92 Å². The molecule has 38 heavy (non-hydrogen) atoms. The van der Waals surface area contributed by atoms with Gasteiger partial charge in [-0.05, 0) is 117 Å². The molecule has 216 valence electrons. The van der Waals surface area contributed by atoms with Gasteiger partial charge in [0.1, 0.15) is 5.76 Å². The van der Waals surface area contributed by atoms with Crippen molar-refractivity contribution in [3.63, 3.8) is 0 Å². The smallest absolute Gasteiger partial charge is 0.380 e. The number of hydrogen-bond acceptors (Lipinski definition) is 4. The number of halogens is 3. The first-order valence-corrected chi connectivity index (χ1v) is 15.8. The van der Waals surface area contributed by atoms with Gasteiger partial charge in [0.25, 0.3) is 0 Å². The molecule has 9 atom stereocenters. The Morgan fingerprint density at radius 3 is 2.24 bits per heavy atom. The molecule has 0 saturated heterocycles. The van der Waals surface area contributed by atoms with Crippen molar-refractivity contribution >= 4 is 10.1 Å². The molecule has 4 saturated carbocycles. The van der Waals surface area contributed by atoms with Crippen molar-refractivity contribution < 1.29 is 25.8 Å². The van der Waals surface area contributed by atoms with E-state index in [1.807, 2.05) is 13.8 Å². The maximum absolute atomic E-state index is 13.2. The summed E-state index contributed by atoms with van der Waals surface area (Å²) in [6.45, 7) is 17.5. The molecule has 2 N–H and O–H groups in total. The molecular formula is C30H46F3NO3S. The topological polar surface area (TPSA) is 69.4 Å². The average molecular weight is 558 g/mol. The van der Waals surface area contributed by atoms with Crippen LogP contribution in [-0.2, 0) is 14.3 Å². The van der Waals surface area contributed by atoms with Crippen LogP contribution in [0, 0.1) is 51.2 Å². The molecule has 0 heterocycles. The molecule has 0 amide bonds. The Bertz CT molecular complexity index is 1160. The van der Waals surface area contributed by atoms with Crippen LogP contribution >= 0.6 is 0 Å². The maximum atomic E-state index is 13.2. The van der Waals surface area contributed by atoms with E-state index < -0.39 is 21.0 Å². The Morgan fingerprint density at radius 2 is 1.63 bits per heavy atom. The summed E-state index contributed by atoms with van der Waals surface area (Å²) in [7, 11) is -5.70. The molecule has 0 aromatic carbocycles. The van der Waals surface area contributed by atoms with Gasteiger partial charge in [0.15, 0.2) is 0 Å². The fraction of sp³-hybridized carbons (Fsp3) is 0.867. The first-order valence-electron chi connectivity index (χ1n) is 14.4. The van der Waals surface area contributed by atoms with Crippen molar-refractivity contribution in [1.29, 1.82) is 0 Å². The number of fused-ring (bicyclic) bond motifs is 7. The Morgan fingerprint density at radius 1 is 0.974 bits per heavy atom. The standard InChI is InChI=1S/C30H46F3NO3S/c1-18(2)19-10-15-29(34)17-16-27(6)20(24(19)29)8-9-22-26(5)13-12-23(37-38(35,36)30(31,32)33)25(3,4)21(26)11-14-28(22,27)7/h12,19-22,24H,1,8-11,13-17,34H2,2-7H3. The fourth-order valence-electron chi connectivity index (χ4n) is 11.1. The molecule has 0 aromatic rings. The lowest BCUT2D eigenvalue weighted by Crippen LogP contribution is -2.67. The van der Waals surface area contributed by atoms with Crippen LogP contribution in [0.3, 0.4) is 0 Å². The van der Waals surface area contributed by atoms with E-state index in [4.69, 9.17) is 9.92 Å². The Hall–Kier alpha value is -1.02. The van der Waals surface area contributed by atoms with Gasteiger partial charge in [-0.2, -0.15) is 21.6 Å². The molecule has 5 aliphatic rings. The average Bonchev–Trinajstić information content (AvgIpc) is 3.13. The summed E-state index contributed by atoms with van der Waals surface area (Å²) in [4.78, 5) is 0. The van der Waals surface area contributed by atoms with Crippen LogP contribution in [0.5, 0.6) is 0 Å². The van der Waals surface area contributed by atoms with Gasteiger partial charge >= 0.3 is 15.6 Å². The van der Waals surface area contributed by atoms with E-state index in [1.54, 1.807) is 6.08 Å². The molecule has 5 rings (SSSR count). The zero-order valence-corrected chi connectivity index (χ0v) is 24.7. The highest BCUT2D eigenvalue weighted by Gasteiger charge is 2.70. The maximum Gasteiger partial charge on any atom is 0.534 e. The number of alkyl halides is 3. The van der Waals surface area contributed by atoms with Crippen LogP contribution in [-0.4, -0.2) is 19.5 Å². The van der Waals surface area contributed by atoms with E-state index in [0.717, 1.165) is 51.4 Å². The predicted molar refractivity (Wildman–Crippen MR) is 143 cm³/mol. The summed E-state index contributed by atoms with van der Waals surface area (Å²) in [5.74, 6) is 1.84. The largest absolute Gasteiger partial charge is 0.534 e. The molecule has 4 nitrogen and oxygen atoms in total. The van der Waals surface area contributed by atoms with Gasteiger partial charge in [-0.3, -0.25) is 0 Å². The minimum atomic E-state index is -5.70. The van der Waals surface area contributed by atoms with E-state index in [0.29, 0.717) is 30.1 Å². The lowest BCUT2D eigenvalue weighted by molar-refractivity contribution is -0.221. The third kappa shape index (κ3) is 3.60. The monoisotopic (exact) mass is 557 g/mol. The van der Waals surface area contributed by atoms with Crippen LogP contribution in [0.4, 0.5) is 13.2 Å². The number of nitrogens with two attached hydrogens (primary N) is 1. The second-order valence-corrected chi connectivity index (χ2v) is 16.4. The molecular weight excluding hydrogens is 511 g/mol. The summed E-state index contributed by atoms with van der Waals surface area (Å²) < 4.78 is 68.1. The highest BCUT2D eigenvalue weighted by Crippen LogP contribution is 2.76. The highest BCUT2D eigenvalue weighted by atomic mass is 32.2. The first-order chi connectivity index (χ1) is 17.2. The zero-order valence-electron chi connectivity index (χ0n) is 23.9. The molecule has 4 fully saturated rings. The van der Waals surface area contributed by atoms with Crippen molar-refractivity contribution in [3.8, 4) is 0 Å². The molecule has 9 unspecified atom stereocenters. The van der Waals surface area contributed by atoms with E-state index in [2.05, 4.69) is 34.3 Å². The molecule has 0 aliphatic heterocycles. The van der Waals surface area contributed by atoms with E-state index in [1.165, 1.54) is 5.57 Å². The van der Waals surface area contributed by atoms with Gasteiger partial charge in [-0.1, -0.05) is 46.8 Å². The van der Waals surface area contributed by atoms with Gasteiger partial charge in [-0.25, -0.2) is 0 Å². The predicted octanol–water partition coefficient (Wildman–Crippen LogP) is 7.72. The molecule has 0 spiro atoms. The van der Waals surface area contributed by atoms with Crippen molar-refractivity contribution in [3.05, 3.63) is 24.0 Å². The van der Waals surface area contributed by atoms with Crippen LogP contribution in [0.2, 0.25) is 0 Å². The summed E-state index contributed by atoms with van der Waals surface area (Å²) >= 11 is 0. The number of rotatable bonds is 3. The first kappa shape index (κ1) is 28.5. The summed E-state index contributed by atoms with van der Waals surface area (Å²) in [5, 5.41) is 0. The zero-order chi connectivity index (χ0) is 28.3. The van der Waals surface area contributed by atoms with Crippen LogP contribution < -0.4 is 5.73 Å². The van der Waals surface area contributed by atoms with Crippen molar-refractivity contribution in [2.45, 2.75) is 110 Å². The van der Waals surface area contributed by atoms with Gasteiger partial charge in [0.2, 0.25) is 0 Å². The summed E-state index contributed by atoms with van der Waals surface area (Å²) in [6.07, 6.45) is 10.5. The highest BCUT2D eigenvalue weighted by molar-refractivity contribution is 7.87. The van der Waals surface area contributed by atoms with E-state index >= 15 is 0 Å². The second-order valence-electron chi connectivity index (χ2n) is 14.9.